The van der Waals surface area contributed by atoms with Gasteiger partial charge in [0, 0.05) is 10.7 Å². The lowest BCUT2D eigenvalue weighted by Gasteiger charge is -2.07. The molecule has 2 rings (SSSR count). The molecule has 0 saturated heterocycles. The summed E-state index contributed by atoms with van der Waals surface area (Å²) in [5.41, 5.74) is 1.14. The van der Waals surface area contributed by atoms with E-state index in [9.17, 15) is 10.1 Å². The Bertz CT molecular complexity index is 910. The Hall–Kier alpha value is -2.73. The number of ether oxygens (including phenoxy) is 1. The number of nitriles is 1. The van der Waals surface area contributed by atoms with Gasteiger partial charge in [-0.2, -0.15) is 5.26 Å². The molecule has 25 heavy (non-hydrogen) atoms. The van der Waals surface area contributed by atoms with E-state index in [-0.39, 0.29) is 12.2 Å². The highest BCUT2D eigenvalue weighted by Gasteiger charge is 2.10. The van der Waals surface area contributed by atoms with Gasteiger partial charge in [-0.05, 0) is 57.9 Å². The minimum atomic E-state index is -0.520. The number of benzene rings is 2. The maximum atomic E-state index is 12.2. The monoisotopic (exact) mass is 414 g/mol. The smallest absolute Gasteiger partial charge is 0.266 e. The van der Waals surface area contributed by atoms with Crippen LogP contribution in [-0.2, 0) is 4.79 Å². The van der Waals surface area contributed by atoms with Gasteiger partial charge >= 0.3 is 0 Å². The molecule has 0 fully saturated rings. The predicted octanol–water partition coefficient (Wildman–Crippen LogP) is 4.66. The maximum Gasteiger partial charge on any atom is 0.266 e. The summed E-state index contributed by atoms with van der Waals surface area (Å²) in [4.78, 5) is 12.2. The molecule has 0 heterocycles. The fourth-order valence-corrected chi connectivity index (χ4v) is 2.62. The van der Waals surface area contributed by atoms with E-state index in [1.54, 1.807) is 42.5 Å². The number of nitrogens with zero attached hydrogens (tertiary/aromatic N) is 1. The van der Waals surface area contributed by atoms with Crippen molar-refractivity contribution in [3.8, 4) is 24.2 Å². The zero-order valence-corrected chi connectivity index (χ0v) is 15.3. The molecule has 0 aromatic heterocycles. The van der Waals surface area contributed by atoms with Crippen molar-refractivity contribution in [2.24, 2.45) is 0 Å². The van der Waals surface area contributed by atoms with Gasteiger partial charge in [-0.25, -0.2) is 0 Å². The molecule has 4 nitrogen and oxygen atoms in total. The molecule has 1 N–H and O–H groups in total. The van der Waals surface area contributed by atoms with Gasteiger partial charge in [0.1, 0.15) is 24.0 Å². The number of hydrogen-bond acceptors (Lipinski definition) is 3. The number of rotatable bonds is 5. The number of halogens is 2. The van der Waals surface area contributed by atoms with Gasteiger partial charge in [-0.15, -0.1) is 6.42 Å². The first-order chi connectivity index (χ1) is 12.0. The molecule has 1 amide bonds. The second-order valence-electron chi connectivity index (χ2n) is 4.82. The van der Waals surface area contributed by atoms with E-state index in [0.29, 0.717) is 26.5 Å². The van der Waals surface area contributed by atoms with Gasteiger partial charge < -0.3 is 10.1 Å². The minimum Gasteiger partial charge on any atom is -0.480 e. The molecule has 0 radical (unpaired) electrons. The van der Waals surface area contributed by atoms with Gasteiger partial charge in [0.15, 0.2) is 0 Å². The number of amides is 1. The average molecular weight is 416 g/mol. The fourth-order valence-electron chi connectivity index (χ4n) is 1.92. The Kier molecular flexibility index (Phi) is 6.65. The zero-order valence-electron chi connectivity index (χ0n) is 12.9. The summed E-state index contributed by atoms with van der Waals surface area (Å²) in [6, 6.07) is 13.7. The van der Waals surface area contributed by atoms with Gasteiger partial charge in [0.05, 0.1) is 4.47 Å². The van der Waals surface area contributed by atoms with Crippen LogP contribution in [0.2, 0.25) is 5.02 Å². The molecule has 0 bridgehead atoms. The van der Waals surface area contributed by atoms with E-state index in [4.69, 9.17) is 22.8 Å². The van der Waals surface area contributed by atoms with Gasteiger partial charge in [0.2, 0.25) is 0 Å². The summed E-state index contributed by atoms with van der Waals surface area (Å²) >= 11 is 9.25. The number of carbonyl (C=O) groups is 1. The van der Waals surface area contributed by atoms with E-state index in [1.807, 2.05) is 6.07 Å². The van der Waals surface area contributed by atoms with Crippen LogP contribution in [0.4, 0.5) is 5.69 Å². The molecular formula is C19H12BrClN2O2. The standard InChI is InChI=1S/C19H12BrClN2O2/c1-2-8-25-18-7-6-13(10-17(18)20)9-14(12-22)19(24)23-16-5-3-4-15(21)11-16/h1,3-7,9-11H,8H2,(H,23,24)/b14-9+. The highest BCUT2D eigenvalue weighted by Crippen LogP contribution is 2.27. The molecule has 2 aromatic carbocycles. The van der Waals surface area contributed by atoms with E-state index < -0.39 is 5.91 Å². The first kappa shape index (κ1) is 18.6. The SMILES string of the molecule is C#CCOc1ccc(/C=C(\C#N)C(=O)Nc2cccc(Cl)c2)cc1Br. The average Bonchev–Trinajstić information content (AvgIpc) is 2.58. The van der Waals surface area contributed by atoms with E-state index in [0.717, 1.165) is 0 Å². The number of nitrogens with one attached hydrogen (secondary N) is 1. The molecule has 0 aliphatic heterocycles. The lowest BCUT2D eigenvalue weighted by atomic mass is 10.1. The predicted molar refractivity (Wildman–Crippen MR) is 102 cm³/mol. The third-order valence-electron chi connectivity index (χ3n) is 3.03. The van der Waals surface area contributed by atoms with Crippen molar-refractivity contribution in [1.29, 1.82) is 5.26 Å². The topological polar surface area (TPSA) is 62.1 Å². The quantitative estimate of drug-likeness (QED) is 0.439. The second kappa shape index (κ2) is 8.94. The van der Waals surface area contributed by atoms with Crippen LogP contribution in [0, 0.1) is 23.7 Å². The van der Waals surface area contributed by atoms with Crippen molar-refractivity contribution in [2.45, 2.75) is 0 Å². The Morgan fingerprint density at radius 3 is 2.80 bits per heavy atom. The summed E-state index contributed by atoms with van der Waals surface area (Å²) in [5, 5.41) is 12.4. The first-order valence-corrected chi connectivity index (χ1v) is 8.25. The zero-order chi connectivity index (χ0) is 18.2. The Morgan fingerprint density at radius 2 is 2.16 bits per heavy atom. The van der Waals surface area contributed by atoms with Crippen molar-refractivity contribution in [1.82, 2.24) is 0 Å². The van der Waals surface area contributed by atoms with Crippen LogP contribution in [0.5, 0.6) is 5.75 Å². The van der Waals surface area contributed by atoms with Gasteiger partial charge in [0.25, 0.3) is 5.91 Å². The van der Waals surface area contributed by atoms with Crippen LogP contribution < -0.4 is 10.1 Å². The summed E-state index contributed by atoms with van der Waals surface area (Å²) in [6.45, 7) is 0.152. The highest BCUT2D eigenvalue weighted by molar-refractivity contribution is 9.10. The third kappa shape index (κ3) is 5.39. The Labute approximate surface area is 159 Å². The van der Waals surface area contributed by atoms with Crippen LogP contribution in [0.25, 0.3) is 6.08 Å². The van der Waals surface area contributed by atoms with Crippen LogP contribution in [0.1, 0.15) is 5.56 Å². The largest absolute Gasteiger partial charge is 0.480 e. The molecule has 0 aliphatic rings. The van der Waals surface area contributed by atoms with E-state index in [1.165, 1.54) is 6.08 Å². The first-order valence-electron chi connectivity index (χ1n) is 7.08. The number of carbonyl (C=O) groups excluding carboxylic acids is 1. The lowest BCUT2D eigenvalue weighted by Crippen LogP contribution is -2.13. The van der Waals surface area contributed by atoms with Crippen LogP contribution in [0.15, 0.2) is 52.5 Å². The van der Waals surface area contributed by atoms with Crippen molar-refractivity contribution in [3.05, 3.63) is 63.1 Å². The summed E-state index contributed by atoms with van der Waals surface area (Å²) in [6.07, 6.45) is 6.64. The molecule has 0 atom stereocenters. The summed E-state index contributed by atoms with van der Waals surface area (Å²) in [7, 11) is 0. The minimum absolute atomic E-state index is 0.0378. The molecular weight excluding hydrogens is 404 g/mol. The van der Waals surface area contributed by atoms with Crippen LogP contribution in [0.3, 0.4) is 0 Å². The molecule has 0 saturated carbocycles. The Morgan fingerprint density at radius 1 is 1.36 bits per heavy atom. The van der Waals surface area contributed by atoms with Gasteiger partial charge in [-0.1, -0.05) is 29.7 Å². The molecule has 124 valence electrons. The van der Waals surface area contributed by atoms with Crippen molar-refractivity contribution in [2.75, 3.05) is 11.9 Å². The molecule has 6 heteroatoms. The van der Waals surface area contributed by atoms with E-state index in [2.05, 4.69) is 27.2 Å². The second-order valence-corrected chi connectivity index (χ2v) is 6.11. The Balaban J connectivity index is 2.19. The maximum absolute atomic E-state index is 12.2. The van der Waals surface area contributed by atoms with Gasteiger partial charge in [-0.3, -0.25) is 4.79 Å². The summed E-state index contributed by atoms with van der Waals surface area (Å²) < 4.78 is 6.02. The van der Waals surface area contributed by atoms with Crippen molar-refractivity contribution >= 4 is 45.2 Å². The van der Waals surface area contributed by atoms with Crippen LogP contribution in [-0.4, -0.2) is 12.5 Å². The number of hydrogen-bond donors (Lipinski definition) is 1. The van der Waals surface area contributed by atoms with Crippen molar-refractivity contribution in [3.63, 3.8) is 0 Å². The van der Waals surface area contributed by atoms with E-state index >= 15 is 0 Å². The third-order valence-corrected chi connectivity index (χ3v) is 3.88. The fraction of sp³-hybridized carbons (Fsp3) is 0.0526. The normalized spacial score (nSPS) is 10.5. The van der Waals surface area contributed by atoms with Crippen LogP contribution >= 0.6 is 27.5 Å². The highest BCUT2D eigenvalue weighted by atomic mass is 79.9. The lowest BCUT2D eigenvalue weighted by molar-refractivity contribution is -0.112. The molecule has 2 aromatic rings. The molecule has 0 unspecified atom stereocenters. The molecule has 0 spiro atoms. The number of anilines is 1. The van der Waals surface area contributed by atoms with Crippen molar-refractivity contribution < 1.29 is 9.53 Å². The number of terminal acetylenes is 1. The summed E-state index contributed by atoms with van der Waals surface area (Å²) in [5.74, 6) is 2.44. The molecule has 0 aliphatic carbocycles.